The number of benzene rings is 1. The number of ether oxygens (including phenoxy) is 1. The van der Waals surface area contributed by atoms with Gasteiger partial charge in [-0.25, -0.2) is 12.8 Å². The van der Waals surface area contributed by atoms with Gasteiger partial charge in [0.25, 0.3) is 9.05 Å². The summed E-state index contributed by atoms with van der Waals surface area (Å²) in [5.74, 6) is -2.48. The van der Waals surface area contributed by atoms with Crippen LogP contribution in [-0.2, 0) is 9.05 Å². The minimum atomic E-state index is -4.20. The van der Waals surface area contributed by atoms with Crippen molar-refractivity contribution >= 4 is 31.3 Å². The Hall–Kier alpha value is -0.720. The molecule has 0 aliphatic heterocycles. The molecule has 0 aliphatic rings. The molecule has 84 valence electrons. The van der Waals surface area contributed by atoms with Crippen molar-refractivity contribution in [2.45, 2.75) is 4.90 Å². The van der Waals surface area contributed by atoms with Crippen molar-refractivity contribution in [1.82, 2.24) is 0 Å². The molecule has 1 aromatic rings. The standard InChI is InChI=1S/C7H5Cl2FO4S/c1-14-7-4(15(9,12)13)2-3(10)6(11)5(7)8/h2,11H,1H3. The van der Waals surface area contributed by atoms with E-state index in [1.807, 2.05) is 0 Å². The van der Waals surface area contributed by atoms with Crippen LogP contribution in [0.3, 0.4) is 0 Å². The van der Waals surface area contributed by atoms with Gasteiger partial charge in [0.2, 0.25) is 0 Å². The lowest BCUT2D eigenvalue weighted by molar-refractivity contribution is 0.386. The van der Waals surface area contributed by atoms with Crippen LogP contribution >= 0.6 is 22.3 Å². The second kappa shape index (κ2) is 4.03. The fourth-order valence-corrected chi connectivity index (χ4v) is 2.26. The summed E-state index contributed by atoms with van der Waals surface area (Å²) in [6, 6.07) is 0.530. The van der Waals surface area contributed by atoms with Crippen molar-refractivity contribution in [3.05, 3.63) is 16.9 Å². The first-order valence-electron chi connectivity index (χ1n) is 3.48. The molecule has 0 saturated carbocycles. The normalized spacial score (nSPS) is 11.5. The Bertz CT molecular complexity index is 500. The summed E-state index contributed by atoms with van der Waals surface area (Å²) in [4.78, 5) is -0.632. The van der Waals surface area contributed by atoms with E-state index >= 15 is 0 Å². The quantitative estimate of drug-likeness (QED) is 0.840. The Morgan fingerprint density at radius 3 is 2.47 bits per heavy atom. The molecule has 0 heterocycles. The Morgan fingerprint density at radius 2 is 2.07 bits per heavy atom. The van der Waals surface area contributed by atoms with Crippen LogP contribution in [0.5, 0.6) is 11.5 Å². The zero-order valence-electron chi connectivity index (χ0n) is 7.29. The smallest absolute Gasteiger partial charge is 0.265 e. The van der Waals surface area contributed by atoms with Crippen LogP contribution in [0, 0.1) is 5.82 Å². The molecule has 0 fully saturated rings. The zero-order valence-corrected chi connectivity index (χ0v) is 9.62. The van der Waals surface area contributed by atoms with E-state index in [1.54, 1.807) is 0 Å². The molecule has 0 unspecified atom stereocenters. The molecule has 8 heteroatoms. The van der Waals surface area contributed by atoms with Gasteiger partial charge in [-0.15, -0.1) is 0 Å². The summed E-state index contributed by atoms with van der Waals surface area (Å²) in [5, 5.41) is 8.54. The fraction of sp³-hybridized carbons (Fsp3) is 0.143. The molecule has 0 aromatic heterocycles. The van der Waals surface area contributed by atoms with Gasteiger partial charge in [-0.2, -0.15) is 0 Å². The summed E-state index contributed by atoms with van der Waals surface area (Å²) < 4.78 is 39.6. The monoisotopic (exact) mass is 274 g/mol. The van der Waals surface area contributed by atoms with Gasteiger partial charge in [0.05, 0.1) is 7.11 Å². The predicted molar refractivity (Wildman–Crippen MR) is 52.7 cm³/mol. The van der Waals surface area contributed by atoms with E-state index in [9.17, 15) is 12.8 Å². The molecular weight excluding hydrogens is 270 g/mol. The summed E-state index contributed by atoms with van der Waals surface area (Å²) in [6.45, 7) is 0. The third-order valence-corrected chi connectivity index (χ3v) is 3.26. The van der Waals surface area contributed by atoms with Gasteiger partial charge >= 0.3 is 0 Å². The molecule has 4 nitrogen and oxygen atoms in total. The van der Waals surface area contributed by atoms with Crippen molar-refractivity contribution in [2.24, 2.45) is 0 Å². The number of rotatable bonds is 2. The lowest BCUT2D eigenvalue weighted by atomic mass is 10.3. The molecule has 1 aromatic carbocycles. The molecule has 0 spiro atoms. The van der Waals surface area contributed by atoms with Crippen molar-refractivity contribution < 1.29 is 22.7 Å². The number of hydrogen-bond donors (Lipinski definition) is 1. The Kier molecular flexibility index (Phi) is 3.32. The first kappa shape index (κ1) is 12.4. The lowest BCUT2D eigenvalue weighted by Gasteiger charge is -2.09. The molecule has 0 bridgehead atoms. The SMILES string of the molecule is COc1c(S(=O)(=O)Cl)cc(F)c(O)c1Cl. The maximum absolute atomic E-state index is 13.0. The molecule has 0 aliphatic carbocycles. The van der Waals surface area contributed by atoms with E-state index < -0.39 is 36.3 Å². The number of hydrogen-bond acceptors (Lipinski definition) is 4. The Morgan fingerprint density at radius 1 is 1.53 bits per heavy atom. The number of methoxy groups -OCH3 is 1. The van der Waals surface area contributed by atoms with E-state index in [0.29, 0.717) is 6.07 Å². The third-order valence-electron chi connectivity index (χ3n) is 1.58. The molecule has 15 heavy (non-hydrogen) atoms. The predicted octanol–water partition coefficient (Wildman–Crippen LogP) is 2.12. The number of aromatic hydroxyl groups is 1. The highest BCUT2D eigenvalue weighted by Gasteiger charge is 2.24. The van der Waals surface area contributed by atoms with Crippen LogP contribution in [-0.4, -0.2) is 20.6 Å². The van der Waals surface area contributed by atoms with Crippen LogP contribution < -0.4 is 4.74 Å². The molecule has 0 radical (unpaired) electrons. The summed E-state index contributed by atoms with van der Waals surface area (Å²) in [5.41, 5.74) is 0. The number of phenols is 1. The zero-order chi connectivity index (χ0) is 11.8. The van der Waals surface area contributed by atoms with E-state index in [2.05, 4.69) is 4.74 Å². The Labute approximate surface area is 94.6 Å². The topological polar surface area (TPSA) is 63.6 Å². The number of halogens is 3. The van der Waals surface area contributed by atoms with Gasteiger partial charge in [-0.1, -0.05) is 11.6 Å². The highest BCUT2D eigenvalue weighted by Crippen LogP contribution is 2.41. The summed E-state index contributed by atoms with van der Waals surface area (Å²) in [7, 11) is 1.94. The molecule has 0 saturated heterocycles. The van der Waals surface area contributed by atoms with Gasteiger partial charge in [0.1, 0.15) is 9.92 Å². The van der Waals surface area contributed by atoms with Crippen LogP contribution in [0.25, 0.3) is 0 Å². The molecule has 0 amide bonds. The van der Waals surface area contributed by atoms with E-state index in [-0.39, 0.29) is 0 Å². The van der Waals surface area contributed by atoms with Gasteiger partial charge in [0, 0.05) is 16.7 Å². The maximum Gasteiger partial charge on any atom is 0.265 e. The van der Waals surface area contributed by atoms with Crippen molar-refractivity contribution in [3.8, 4) is 11.5 Å². The van der Waals surface area contributed by atoms with E-state index in [0.717, 1.165) is 7.11 Å². The first-order valence-corrected chi connectivity index (χ1v) is 6.17. The van der Waals surface area contributed by atoms with Gasteiger partial charge in [-0.3, -0.25) is 0 Å². The lowest BCUT2D eigenvalue weighted by Crippen LogP contribution is -1.98. The summed E-state index contributed by atoms with van der Waals surface area (Å²) >= 11 is 5.47. The average molecular weight is 275 g/mol. The second-order valence-corrected chi connectivity index (χ2v) is 5.40. The summed E-state index contributed by atoms with van der Waals surface area (Å²) in [6.07, 6.45) is 0. The molecule has 0 atom stereocenters. The molecular formula is C7H5Cl2FO4S. The molecule has 1 N–H and O–H groups in total. The van der Waals surface area contributed by atoms with Crippen LogP contribution in [0.15, 0.2) is 11.0 Å². The largest absolute Gasteiger partial charge is 0.504 e. The second-order valence-electron chi connectivity index (χ2n) is 2.49. The number of phenolic OH excluding ortho intramolecular Hbond substituents is 1. The van der Waals surface area contributed by atoms with Crippen LogP contribution in [0.4, 0.5) is 4.39 Å². The highest BCUT2D eigenvalue weighted by atomic mass is 35.7. The van der Waals surface area contributed by atoms with Crippen molar-refractivity contribution in [2.75, 3.05) is 7.11 Å². The van der Waals surface area contributed by atoms with Crippen LogP contribution in [0.1, 0.15) is 0 Å². The molecule has 1 rings (SSSR count). The van der Waals surface area contributed by atoms with E-state index in [4.69, 9.17) is 27.4 Å². The van der Waals surface area contributed by atoms with E-state index in [1.165, 1.54) is 0 Å². The first-order chi connectivity index (χ1) is 6.79. The fourth-order valence-electron chi connectivity index (χ4n) is 0.941. The maximum atomic E-state index is 13.0. The average Bonchev–Trinajstić information content (AvgIpc) is 2.12. The third kappa shape index (κ3) is 2.27. The minimum Gasteiger partial charge on any atom is -0.504 e. The Balaban J connectivity index is 3.68. The highest BCUT2D eigenvalue weighted by molar-refractivity contribution is 8.13. The van der Waals surface area contributed by atoms with Crippen molar-refractivity contribution in [1.29, 1.82) is 0 Å². The van der Waals surface area contributed by atoms with Gasteiger partial charge < -0.3 is 9.84 Å². The van der Waals surface area contributed by atoms with Crippen LogP contribution in [0.2, 0.25) is 5.02 Å². The minimum absolute atomic E-state index is 0.398. The van der Waals surface area contributed by atoms with Gasteiger partial charge in [-0.05, 0) is 0 Å². The van der Waals surface area contributed by atoms with Crippen molar-refractivity contribution in [3.63, 3.8) is 0 Å². The van der Waals surface area contributed by atoms with Gasteiger partial charge in [0.15, 0.2) is 17.3 Å².